The summed E-state index contributed by atoms with van der Waals surface area (Å²) in [4.78, 5) is 14.3. The molecule has 0 saturated heterocycles. The summed E-state index contributed by atoms with van der Waals surface area (Å²) in [6, 6.07) is 19.0. The second-order valence-corrected chi connectivity index (χ2v) is 8.01. The van der Waals surface area contributed by atoms with Gasteiger partial charge in [-0.1, -0.05) is 47.4 Å². The minimum absolute atomic E-state index is 0.0750. The molecule has 0 radical (unpaired) electrons. The minimum Gasteiger partial charge on any atom is -0.497 e. The third-order valence-corrected chi connectivity index (χ3v) is 5.82. The molecule has 9 heteroatoms. The van der Waals surface area contributed by atoms with Crippen molar-refractivity contribution in [2.24, 2.45) is 0 Å². The number of methoxy groups -OCH3 is 1. The molecule has 3 aromatic rings. The van der Waals surface area contributed by atoms with E-state index in [1.165, 1.54) is 23.1 Å². The van der Waals surface area contributed by atoms with E-state index in [1.54, 1.807) is 12.0 Å². The zero-order valence-corrected chi connectivity index (χ0v) is 17.4. The molecule has 0 aliphatic heterocycles. The highest BCUT2D eigenvalue weighted by atomic mass is 32.2. The molecule has 1 N–H and O–H groups in total. The number of aromatic nitrogens is 2. The molecule has 0 saturated carbocycles. The highest BCUT2D eigenvalue weighted by Gasteiger charge is 2.17. The quantitative estimate of drug-likeness (QED) is 0.510. The van der Waals surface area contributed by atoms with Gasteiger partial charge in [0.05, 0.1) is 25.4 Å². The van der Waals surface area contributed by atoms with Crippen molar-refractivity contribution in [3.8, 4) is 11.8 Å². The average molecular weight is 426 g/mol. The van der Waals surface area contributed by atoms with Gasteiger partial charge < -0.3 is 15.0 Å². The van der Waals surface area contributed by atoms with E-state index >= 15 is 0 Å². The number of nitriles is 1. The predicted molar refractivity (Wildman–Crippen MR) is 116 cm³/mol. The number of para-hydroxylation sites is 1. The standard InChI is InChI=1S/C20H19N5O2S2/c1-27-17-10-5-7-15(13-17)22-19-23-24-20(29-19)28-14-18(26)25(12-6-11-21)16-8-3-2-4-9-16/h2-5,7-10,13H,6,12,14H2,1H3,(H,22,23). The van der Waals surface area contributed by atoms with Gasteiger partial charge in [-0.2, -0.15) is 5.26 Å². The molecule has 1 aromatic heterocycles. The van der Waals surface area contributed by atoms with Crippen LogP contribution in [-0.2, 0) is 4.79 Å². The van der Waals surface area contributed by atoms with Crippen LogP contribution in [0.25, 0.3) is 0 Å². The van der Waals surface area contributed by atoms with Gasteiger partial charge >= 0.3 is 0 Å². The van der Waals surface area contributed by atoms with E-state index in [9.17, 15) is 4.79 Å². The Bertz CT molecular complexity index is 988. The van der Waals surface area contributed by atoms with Crippen LogP contribution in [0.15, 0.2) is 58.9 Å². The zero-order chi connectivity index (χ0) is 20.5. The van der Waals surface area contributed by atoms with Crippen LogP contribution in [0.2, 0.25) is 0 Å². The van der Waals surface area contributed by atoms with Gasteiger partial charge in [0.2, 0.25) is 11.0 Å². The summed E-state index contributed by atoms with van der Waals surface area (Å²) in [5.74, 6) is 0.890. The lowest BCUT2D eigenvalue weighted by atomic mass is 10.2. The Labute approximate surface area is 177 Å². The van der Waals surface area contributed by atoms with Gasteiger partial charge in [-0.25, -0.2) is 0 Å². The number of benzene rings is 2. The molecule has 0 atom stereocenters. The molecule has 0 spiro atoms. The number of anilines is 3. The Kier molecular flexibility index (Phi) is 7.44. The summed E-state index contributed by atoms with van der Waals surface area (Å²) in [5, 5.41) is 21.0. The van der Waals surface area contributed by atoms with E-state index in [1.807, 2.05) is 54.6 Å². The number of amides is 1. The van der Waals surface area contributed by atoms with Crippen LogP contribution >= 0.6 is 23.1 Å². The van der Waals surface area contributed by atoms with Crippen LogP contribution in [0.3, 0.4) is 0 Å². The first-order valence-corrected chi connectivity index (χ1v) is 10.6. The first-order valence-electron chi connectivity index (χ1n) is 8.79. The van der Waals surface area contributed by atoms with Gasteiger partial charge in [0.1, 0.15) is 5.75 Å². The van der Waals surface area contributed by atoms with Crippen LogP contribution in [0.1, 0.15) is 6.42 Å². The number of thioether (sulfide) groups is 1. The lowest BCUT2D eigenvalue weighted by Gasteiger charge is -2.21. The first-order chi connectivity index (χ1) is 14.2. The van der Waals surface area contributed by atoms with Crippen molar-refractivity contribution in [1.29, 1.82) is 5.26 Å². The monoisotopic (exact) mass is 425 g/mol. The van der Waals surface area contributed by atoms with E-state index < -0.39 is 0 Å². The Balaban J connectivity index is 1.60. The third-order valence-electron chi connectivity index (χ3n) is 3.86. The van der Waals surface area contributed by atoms with Gasteiger partial charge in [0.15, 0.2) is 4.34 Å². The molecule has 1 amide bonds. The van der Waals surface area contributed by atoms with Crippen molar-refractivity contribution >= 4 is 45.5 Å². The minimum atomic E-state index is -0.0750. The maximum atomic E-state index is 12.7. The van der Waals surface area contributed by atoms with E-state index in [-0.39, 0.29) is 18.1 Å². The van der Waals surface area contributed by atoms with Crippen molar-refractivity contribution in [1.82, 2.24) is 10.2 Å². The van der Waals surface area contributed by atoms with E-state index in [4.69, 9.17) is 10.00 Å². The fourth-order valence-corrected chi connectivity index (χ4v) is 4.16. The van der Waals surface area contributed by atoms with Gasteiger partial charge in [0.25, 0.3) is 0 Å². The maximum Gasteiger partial charge on any atom is 0.237 e. The highest BCUT2D eigenvalue weighted by molar-refractivity contribution is 8.01. The van der Waals surface area contributed by atoms with Gasteiger partial charge in [-0.05, 0) is 24.3 Å². The van der Waals surface area contributed by atoms with Crippen LogP contribution in [0, 0.1) is 11.3 Å². The average Bonchev–Trinajstić information content (AvgIpc) is 3.20. The van der Waals surface area contributed by atoms with E-state index in [0.717, 1.165) is 17.1 Å². The van der Waals surface area contributed by atoms with Gasteiger partial charge in [-0.3, -0.25) is 4.79 Å². The fraction of sp³-hybridized carbons (Fsp3) is 0.200. The molecule has 0 aliphatic rings. The van der Waals surface area contributed by atoms with Gasteiger partial charge in [0, 0.05) is 24.0 Å². The molecule has 3 rings (SSSR count). The largest absolute Gasteiger partial charge is 0.497 e. The fourth-order valence-electron chi connectivity index (χ4n) is 2.51. The van der Waals surface area contributed by atoms with Crippen molar-refractivity contribution in [3.63, 3.8) is 0 Å². The summed E-state index contributed by atoms with van der Waals surface area (Å²) >= 11 is 2.70. The summed E-state index contributed by atoms with van der Waals surface area (Å²) in [6.45, 7) is 0.360. The molecule has 29 heavy (non-hydrogen) atoms. The molecule has 0 bridgehead atoms. The van der Waals surface area contributed by atoms with E-state index in [0.29, 0.717) is 16.0 Å². The zero-order valence-electron chi connectivity index (χ0n) is 15.7. The number of carbonyl (C=O) groups is 1. The van der Waals surface area contributed by atoms with Crippen LogP contribution in [-0.4, -0.2) is 35.5 Å². The smallest absolute Gasteiger partial charge is 0.237 e. The molecular weight excluding hydrogens is 406 g/mol. The normalized spacial score (nSPS) is 10.2. The lowest BCUT2D eigenvalue weighted by molar-refractivity contribution is -0.116. The third kappa shape index (κ3) is 5.94. The molecule has 148 valence electrons. The van der Waals surface area contributed by atoms with Crippen LogP contribution in [0.5, 0.6) is 5.75 Å². The lowest BCUT2D eigenvalue weighted by Crippen LogP contribution is -2.33. The Morgan fingerprint density at radius 1 is 1.24 bits per heavy atom. The number of carbonyl (C=O) groups excluding carboxylic acids is 1. The van der Waals surface area contributed by atoms with Crippen LogP contribution < -0.4 is 15.0 Å². The summed E-state index contributed by atoms with van der Waals surface area (Å²) in [5.41, 5.74) is 1.63. The molecule has 0 fully saturated rings. The Hall–Kier alpha value is -3.09. The number of hydrogen-bond acceptors (Lipinski definition) is 8. The second kappa shape index (κ2) is 10.5. The molecular formula is C20H19N5O2S2. The van der Waals surface area contributed by atoms with Crippen molar-refractivity contribution < 1.29 is 9.53 Å². The highest BCUT2D eigenvalue weighted by Crippen LogP contribution is 2.29. The topological polar surface area (TPSA) is 91.1 Å². The van der Waals surface area contributed by atoms with Crippen LogP contribution in [0.4, 0.5) is 16.5 Å². The summed E-state index contributed by atoms with van der Waals surface area (Å²) < 4.78 is 5.90. The summed E-state index contributed by atoms with van der Waals surface area (Å²) in [7, 11) is 1.62. The van der Waals surface area contributed by atoms with Crippen molar-refractivity contribution in [2.75, 3.05) is 29.6 Å². The number of nitrogens with zero attached hydrogens (tertiary/aromatic N) is 4. The Morgan fingerprint density at radius 2 is 2.07 bits per heavy atom. The van der Waals surface area contributed by atoms with E-state index in [2.05, 4.69) is 21.6 Å². The SMILES string of the molecule is COc1cccc(Nc2nnc(SCC(=O)N(CCC#N)c3ccccc3)s2)c1. The first kappa shape index (κ1) is 20.6. The second-order valence-electron chi connectivity index (χ2n) is 5.81. The number of rotatable bonds is 9. The maximum absolute atomic E-state index is 12.7. The number of nitrogens with one attached hydrogen (secondary N) is 1. The molecule has 0 unspecified atom stereocenters. The van der Waals surface area contributed by atoms with Crippen molar-refractivity contribution in [3.05, 3.63) is 54.6 Å². The molecule has 1 heterocycles. The van der Waals surface area contributed by atoms with Crippen molar-refractivity contribution in [2.45, 2.75) is 10.8 Å². The molecule has 0 aliphatic carbocycles. The predicted octanol–water partition coefficient (Wildman–Crippen LogP) is 4.33. The molecule has 2 aromatic carbocycles. The number of hydrogen-bond donors (Lipinski definition) is 1. The summed E-state index contributed by atoms with van der Waals surface area (Å²) in [6.07, 6.45) is 0.277. The van der Waals surface area contributed by atoms with Gasteiger partial charge in [-0.15, -0.1) is 10.2 Å². The Morgan fingerprint density at radius 3 is 2.83 bits per heavy atom. The number of ether oxygens (including phenoxy) is 1. The molecule has 7 nitrogen and oxygen atoms in total.